The maximum atomic E-state index is 12.2. The normalized spacial score (nSPS) is 10.9. The van der Waals surface area contributed by atoms with Crippen molar-refractivity contribution in [2.24, 2.45) is 5.41 Å². The van der Waals surface area contributed by atoms with Gasteiger partial charge in [0.15, 0.2) is 5.76 Å². The Morgan fingerprint density at radius 2 is 1.65 bits per heavy atom. The summed E-state index contributed by atoms with van der Waals surface area (Å²) in [5.41, 5.74) is 0.461. The molecule has 0 aliphatic heterocycles. The SMILES string of the molecule is CC(C)(C)C(=O)Nc1cccc(C(=O)NCCNC(=O)c2ccco2)c1. The predicted molar refractivity (Wildman–Crippen MR) is 97.9 cm³/mol. The van der Waals surface area contributed by atoms with Crippen molar-refractivity contribution in [3.63, 3.8) is 0 Å². The van der Waals surface area contributed by atoms with Crippen LogP contribution in [0.1, 0.15) is 41.7 Å². The van der Waals surface area contributed by atoms with Crippen molar-refractivity contribution in [3.8, 4) is 0 Å². The molecule has 1 aromatic carbocycles. The molecule has 0 fully saturated rings. The second kappa shape index (κ2) is 8.33. The smallest absolute Gasteiger partial charge is 0.287 e. The van der Waals surface area contributed by atoms with Crippen LogP contribution in [-0.4, -0.2) is 30.8 Å². The van der Waals surface area contributed by atoms with Gasteiger partial charge in [-0.15, -0.1) is 0 Å². The van der Waals surface area contributed by atoms with Gasteiger partial charge in [-0.2, -0.15) is 0 Å². The molecule has 0 aliphatic rings. The Balaban J connectivity index is 1.83. The summed E-state index contributed by atoms with van der Waals surface area (Å²) in [6.07, 6.45) is 1.42. The zero-order valence-electron chi connectivity index (χ0n) is 15.1. The Hall–Kier alpha value is -3.09. The van der Waals surface area contributed by atoms with Gasteiger partial charge in [0.25, 0.3) is 11.8 Å². The molecule has 0 radical (unpaired) electrons. The van der Waals surface area contributed by atoms with E-state index >= 15 is 0 Å². The molecule has 7 nitrogen and oxygen atoms in total. The van der Waals surface area contributed by atoms with Crippen molar-refractivity contribution in [2.45, 2.75) is 20.8 Å². The van der Waals surface area contributed by atoms with E-state index in [4.69, 9.17) is 4.42 Å². The molecule has 2 rings (SSSR count). The van der Waals surface area contributed by atoms with E-state index in [0.717, 1.165) is 0 Å². The number of furan rings is 1. The molecule has 0 saturated heterocycles. The van der Waals surface area contributed by atoms with Crippen LogP contribution in [0.4, 0.5) is 5.69 Å². The molecule has 0 bridgehead atoms. The van der Waals surface area contributed by atoms with Crippen LogP contribution < -0.4 is 16.0 Å². The molecule has 138 valence electrons. The average Bonchev–Trinajstić information content (AvgIpc) is 3.12. The fraction of sp³-hybridized carbons (Fsp3) is 0.316. The van der Waals surface area contributed by atoms with Crippen LogP contribution in [-0.2, 0) is 4.79 Å². The quantitative estimate of drug-likeness (QED) is 0.691. The summed E-state index contributed by atoms with van der Waals surface area (Å²) in [5.74, 6) is -0.533. The van der Waals surface area contributed by atoms with Gasteiger partial charge < -0.3 is 20.4 Å². The Labute approximate surface area is 152 Å². The minimum absolute atomic E-state index is 0.129. The number of benzene rings is 1. The number of carbonyl (C=O) groups is 3. The predicted octanol–water partition coefficient (Wildman–Crippen LogP) is 2.42. The van der Waals surface area contributed by atoms with Crippen molar-refractivity contribution < 1.29 is 18.8 Å². The van der Waals surface area contributed by atoms with Gasteiger partial charge in [0.2, 0.25) is 5.91 Å². The largest absolute Gasteiger partial charge is 0.459 e. The second-order valence-corrected chi connectivity index (χ2v) is 6.77. The third-order valence-corrected chi connectivity index (χ3v) is 3.50. The lowest BCUT2D eigenvalue weighted by molar-refractivity contribution is -0.123. The second-order valence-electron chi connectivity index (χ2n) is 6.77. The summed E-state index contributed by atoms with van der Waals surface area (Å²) >= 11 is 0. The molecule has 3 N–H and O–H groups in total. The van der Waals surface area contributed by atoms with Gasteiger partial charge in [-0.25, -0.2) is 0 Å². The van der Waals surface area contributed by atoms with Crippen molar-refractivity contribution in [2.75, 3.05) is 18.4 Å². The van der Waals surface area contributed by atoms with E-state index in [1.165, 1.54) is 6.26 Å². The first-order chi connectivity index (χ1) is 12.3. The highest BCUT2D eigenvalue weighted by Gasteiger charge is 2.21. The van der Waals surface area contributed by atoms with Crippen LogP contribution in [0, 0.1) is 5.41 Å². The van der Waals surface area contributed by atoms with Crippen molar-refractivity contribution in [3.05, 3.63) is 54.0 Å². The fourth-order valence-corrected chi connectivity index (χ4v) is 2.01. The van der Waals surface area contributed by atoms with Crippen LogP contribution in [0.2, 0.25) is 0 Å². The van der Waals surface area contributed by atoms with E-state index in [0.29, 0.717) is 11.3 Å². The monoisotopic (exact) mass is 357 g/mol. The van der Waals surface area contributed by atoms with Gasteiger partial charge in [-0.1, -0.05) is 26.8 Å². The van der Waals surface area contributed by atoms with E-state index in [1.54, 1.807) is 36.4 Å². The number of carbonyl (C=O) groups excluding carboxylic acids is 3. The molecule has 7 heteroatoms. The van der Waals surface area contributed by atoms with Gasteiger partial charge >= 0.3 is 0 Å². The van der Waals surface area contributed by atoms with Crippen LogP contribution >= 0.6 is 0 Å². The van der Waals surface area contributed by atoms with Crippen LogP contribution in [0.3, 0.4) is 0 Å². The lowest BCUT2D eigenvalue weighted by atomic mass is 9.95. The lowest BCUT2D eigenvalue weighted by Crippen LogP contribution is -2.34. The van der Waals surface area contributed by atoms with Gasteiger partial charge in [-0.3, -0.25) is 14.4 Å². The minimum atomic E-state index is -0.523. The highest BCUT2D eigenvalue weighted by molar-refractivity contribution is 5.98. The molecule has 0 unspecified atom stereocenters. The summed E-state index contributed by atoms with van der Waals surface area (Å²) < 4.78 is 4.98. The first-order valence-corrected chi connectivity index (χ1v) is 8.29. The number of hydrogen-bond donors (Lipinski definition) is 3. The molecular formula is C19H23N3O4. The maximum Gasteiger partial charge on any atom is 0.287 e. The van der Waals surface area contributed by atoms with Crippen molar-refractivity contribution in [1.82, 2.24) is 10.6 Å². The standard InChI is InChI=1S/C19H23N3O4/c1-19(2,3)18(25)22-14-7-4-6-13(12-14)16(23)20-9-10-21-17(24)15-8-5-11-26-15/h4-8,11-12H,9-10H2,1-3H3,(H,20,23)(H,21,24)(H,22,25). The summed E-state index contributed by atoms with van der Waals surface area (Å²) in [4.78, 5) is 35.9. The Kier molecular flexibility index (Phi) is 6.16. The molecule has 0 atom stereocenters. The number of anilines is 1. The highest BCUT2D eigenvalue weighted by atomic mass is 16.3. The molecular weight excluding hydrogens is 334 g/mol. The minimum Gasteiger partial charge on any atom is -0.459 e. The van der Waals surface area contributed by atoms with E-state index in [1.807, 2.05) is 20.8 Å². The average molecular weight is 357 g/mol. The molecule has 3 amide bonds. The first-order valence-electron chi connectivity index (χ1n) is 8.29. The number of hydrogen-bond acceptors (Lipinski definition) is 4. The Bertz CT molecular complexity index is 776. The van der Waals surface area contributed by atoms with Crippen LogP contribution in [0.15, 0.2) is 47.1 Å². The molecule has 1 heterocycles. The van der Waals surface area contributed by atoms with Gasteiger partial charge in [0.05, 0.1) is 6.26 Å². The third-order valence-electron chi connectivity index (χ3n) is 3.50. The van der Waals surface area contributed by atoms with Gasteiger partial charge in [0, 0.05) is 29.8 Å². The third kappa shape index (κ3) is 5.47. The fourth-order valence-electron chi connectivity index (χ4n) is 2.01. The highest BCUT2D eigenvalue weighted by Crippen LogP contribution is 2.18. The summed E-state index contributed by atoms with van der Waals surface area (Å²) in [7, 11) is 0. The summed E-state index contributed by atoms with van der Waals surface area (Å²) in [6.45, 7) is 5.98. The van der Waals surface area contributed by atoms with E-state index < -0.39 is 5.41 Å². The maximum absolute atomic E-state index is 12.2. The molecule has 0 spiro atoms. The summed E-state index contributed by atoms with van der Waals surface area (Å²) in [5, 5.41) is 8.14. The van der Waals surface area contributed by atoms with Gasteiger partial charge in [0.1, 0.15) is 0 Å². The summed E-state index contributed by atoms with van der Waals surface area (Å²) in [6, 6.07) is 9.88. The molecule has 26 heavy (non-hydrogen) atoms. The lowest BCUT2D eigenvalue weighted by Gasteiger charge is -2.18. The van der Waals surface area contributed by atoms with Crippen molar-refractivity contribution >= 4 is 23.4 Å². The van der Waals surface area contributed by atoms with Crippen LogP contribution in [0.5, 0.6) is 0 Å². The van der Waals surface area contributed by atoms with Crippen molar-refractivity contribution in [1.29, 1.82) is 0 Å². The topological polar surface area (TPSA) is 100 Å². The number of rotatable bonds is 6. The van der Waals surface area contributed by atoms with Gasteiger partial charge in [-0.05, 0) is 30.3 Å². The van der Waals surface area contributed by atoms with E-state index in [-0.39, 0.29) is 36.6 Å². The van der Waals surface area contributed by atoms with E-state index in [2.05, 4.69) is 16.0 Å². The zero-order valence-corrected chi connectivity index (χ0v) is 15.1. The Morgan fingerprint density at radius 3 is 2.27 bits per heavy atom. The zero-order chi connectivity index (χ0) is 19.2. The first kappa shape index (κ1) is 19.2. The molecule has 1 aromatic heterocycles. The number of nitrogens with one attached hydrogen (secondary N) is 3. The number of amides is 3. The molecule has 0 saturated carbocycles. The molecule has 2 aromatic rings. The Morgan fingerprint density at radius 1 is 0.962 bits per heavy atom. The van der Waals surface area contributed by atoms with E-state index in [9.17, 15) is 14.4 Å². The van der Waals surface area contributed by atoms with Crippen LogP contribution in [0.25, 0.3) is 0 Å². The molecule has 0 aliphatic carbocycles.